The summed E-state index contributed by atoms with van der Waals surface area (Å²) in [5.74, 6) is 0.603. The van der Waals surface area contributed by atoms with Crippen molar-refractivity contribution in [2.75, 3.05) is 0 Å². The lowest BCUT2D eigenvalue weighted by molar-refractivity contribution is -0.115. The van der Waals surface area contributed by atoms with Crippen molar-refractivity contribution in [1.82, 2.24) is 5.32 Å². The average molecular weight is 309 g/mol. The van der Waals surface area contributed by atoms with Crippen LogP contribution in [0.25, 0.3) is 0 Å². The molecule has 0 spiro atoms. The normalized spacial score (nSPS) is 21.5. The molecule has 4 rings (SSSR count). The molecule has 1 N–H and O–H groups in total. The van der Waals surface area contributed by atoms with Crippen LogP contribution >= 0.6 is 11.3 Å². The highest BCUT2D eigenvalue weighted by Crippen LogP contribution is 2.34. The molecule has 0 fully saturated rings. The van der Waals surface area contributed by atoms with Crippen molar-refractivity contribution in [2.45, 2.75) is 37.6 Å². The van der Waals surface area contributed by atoms with Crippen LogP contribution in [0.1, 0.15) is 34.8 Å². The standard InChI is InChI=1S/C19H19NOS/c21-18-11-15(19-6-3-7-22-19)10-17(12-18)20-16-8-13-4-1-2-5-14(13)9-16/h1-7,12,15-16,20H,8-11H2. The van der Waals surface area contributed by atoms with Gasteiger partial charge in [0, 0.05) is 35.0 Å². The van der Waals surface area contributed by atoms with Crippen molar-refractivity contribution < 1.29 is 4.79 Å². The number of benzene rings is 1. The first-order valence-corrected chi connectivity index (χ1v) is 8.76. The van der Waals surface area contributed by atoms with Crippen molar-refractivity contribution in [2.24, 2.45) is 0 Å². The van der Waals surface area contributed by atoms with Gasteiger partial charge in [-0.3, -0.25) is 4.79 Å². The maximum absolute atomic E-state index is 12.1. The second-order valence-corrected chi connectivity index (χ2v) is 7.25. The quantitative estimate of drug-likeness (QED) is 0.933. The molecule has 2 aromatic rings. The molecule has 3 heteroatoms. The minimum absolute atomic E-state index is 0.252. The van der Waals surface area contributed by atoms with Crippen LogP contribution in [0.15, 0.2) is 53.6 Å². The van der Waals surface area contributed by atoms with Gasteiger partial charge in [-0.25, -0.2) is 0 Å². The average Bonchev–Trinajstić information content (AvgIpc) is 3.15. The Balaban J connectivity index is 1.46. The summed E-state index contributed by atoms with van der Waals surface area (Å²) >= 11 is 1.76. The van der Waals surface area contributed by atoms with Crippen molar-refractivity contribution in [3.63, 3.8) is 0 Å². The largest absolute Gasteiger partial charge is 0.385 e. The van der Waals surface area contributed by atoms with Crippen LogP contribution in [0.4, 0.5) is 0 Å². The number of allylic oxidation sites excluding steroid dienone is 2. The Hall–Kier alpha value is -1.87. The summed E-state index contributed by atoms with van der Waals surface area (Å²) in [7, 11) is 0. The summed E-state index contributed by atoms with van der Waals surface area (Å²) in [5.41, 5.74) is 4.00. The Kier molecular flexibility index (Phi) is 3.59. The van der Waals surface area contributed by atoms with E-state index in [0.29, 0.717) is 18.4 Å². The SMILES string of the molecule is O=C1C=C(NC2Cc3ccccc3C2)CC(c2cccs2)C1. The van der Waals surface area contributed by atoms with Crippen molar-refractivity contribution in [3.05, 3.63) is 69.6 Å². The minimum atomic E-state index is 0.252. The van der Waals surface area contributed by atoms with Gasteiger partial charge in [0.05, 0.1) is 0 Å². The molecular formula is C19H19NOS. The van der Waals surface area contributed by atoms with Gasteiger partial charge in [0.1, 0.15) is 0 Å². The first kappa shape index (κ1) is 13.8. The fourth-order valence-corrected chi connectivity index (χ4v) is 4.47. The molecule has 2 aliphatic carbocycles. The van der Waals surface area contributed by atoms with Crippen LogP contribution in [-0.4, -0.2) is 11.8 Å². The third-order valence-electron chi connectivity index (χ3n) is 4.64. The number of hydrogen-bond acceptors (Lipinski definition) is 3. The van der Waals surface area contributed by atoms with Gasteiger partial charge in [-0.1, -0.05) is 30.3 Å². The predicted molar refractivity (Wildman–Crippen MR) is 90.2 cm³/mol. The molecule has 0 saturated carbocycles. The van der Waals surface area contributed by atoms with Crippen LogP contribution < -0.4 is 5.32 Å². The summed E-state index contributed by atoms with van der Waals surface area (Å²) in [5, 5.41) is 5.73. The second-order valence-electron chi connectivity index (χ2n) is 6.27. The second kappa shape index (κ2) is 5.73. The molecule has 0 saturated heterocycles. The molecule has 1 aromatic heterocycles. The van der Waals surface area contributed by atoms with Gasteiger partial charge in [-0.2, -0.15) is 0 Å². The Labute approximate surface area is 134 Å². The van der Waals surface area contributed by atoms with Gasteiger partial charge in [0.25, 0.3) is 0 Å². The summed E-state index contributed by atoms with van der Waals surface area (Å²) in [6, 6.07) is 13.3. The zero-order chi connectivity index (χ0) is 14.9. The van der Waals surface area contributed by atoms with E-state index in [2.05, 4.69) is 47.1 Å². The van der Waals surface area contributed by atoms with Crippen LogP contribution in [0.5, 0.6) is 0 Å². The van der Waals surface area contributed by atoms with E-state index < -0.39 is 0 Å². The molecule has 0 bridgehead atoms. The molecule has 2 nitrogen and oxygen atoms in total. The fraction of sp³-hybridized carbons (Fsp3) is 0.316. The Morgan fingerprint density at radius 1 is 0.955 bits per heavy atom. The van der Waals surface area contributed by atoms with E-state index in [-0.39, 0.29) is 5.78 Å². The maximum Gasteiger partial charge on any atom is 0.158 e. The highest BCUT2D eigenvalue weighted by atomic mass is 32.1. The minimum Gasteiger partial charge on any atom is -0.385 e. The lowest BCUT2D eigenvalue weighted by Gasteiger charge is -2.24. The van der Waals surface area contributed by atoms with E-state index in [1.54, 1.807) is 11.3 Å². The van der Waals surface area contributed by atoms with E-state index in [0.717, 1.165) is 25.0 Å². The summed E-state index contributed by atoms with van der Waals surface area (Å²) in [4.78, 5) is 13.4. The number of ketones is 1. The first-order valence-electron chi connectivity index (χ1n) is 7.88. The molecule has 1 unspecified atom stereocenters. The van der Waals surface area contributed by atoms with Crippen LogP contribution in [0.2, 0.25) is 0 Å². The molecule has 22 heavy (non-hydrogen) atoms. The molecule has 112 valence electrons. The van der Waals surface area contributed by atoms with E-state index in [1.165, 1.54) is 16.0 Å². The molecule has 0 aliphatic heterocycles. The van der Waals surface area contributed by atoms with Gasteiger partial charge in [-0.05, 0) is 41.8 Å². The van der Waals surface area contributed by atoms with Gasteiger partial charge < -0.3 is 5.32 Å². The Bertz CT molecular complexity index is 692. The Morgan fingerprint density at radius 3 is 2.41 bits per heavy atom. The van der Waals surface area contributed by atoms with Crippen LogP contribution in [-0.2, 0) is 17.6 Å². The highest BCUT2D eigenvalue weighted by Gasteiger charge is 2.26. The van der Waals surface area contributed by atoms with Crippen molar-refractivity contribution >= 4 is 17.1 Å². The fourth-order valence-electron chi connectivity index (χ4n) is 3.64. The Morgan fingerprint density at radius 2 is 1.73 bits per heavy atom. The number of hydrogen-bond donors (Lipinski definition) is 1. The molecule has 1 aromatic carbocycles. The number of nitrogens with one attached hydrogen (secondary N) is 1. The lowest BCUT2D eigenvalue weighted by Crippen LogP contribution is -2.31. The number of carbonyl (C=O) groups excluding carboxylic acids is 1. The van der Waals surface area contributed by atoms with Gasteiger partial charge in [-0.15, -0.1) is 11.3 Å². The van der Waals surface area contributed by atoms with Gasteiger partial charge >= 0.3 is 0 Å². The molecule has 2 aliphatic rings. The van der Waals surface area contributed by atoms with E-state index in [4.69, 9.17) is 0 Å². The number of fused-ring (bicyclic) bond motifs is 1. The highest BCUT2D eigenvalue weighted by molar-refractivity contribution is 7.10. The predicted octanol–water partition coefficient (Wildman–Crippen LogP) is 3.84. The van der Waals surface area contributed by atoms with E-state index in [9.17, 15) is 4.79 Å². The maximum atomic E-state index is 12.1. The van der Waals surface area contributed by atoms with Gasteiger partial charge in [0.15, 0.2) is 5.78 Å². The third kappa shape index (κ3) is 2.73. The van der Waals surface area contributed by atoms with Crippen LogP contribution in [0.3, 0.4) is 0 Å². The lowest BCUT2D eigenvalue weighted by atomic mass is 9.89. The number of rotatable bonds is 3. The molecule has 1 heterocycles. The number of thiophene rings is 1. The van der Waals surface area contributed by atoms with E-state index in [1.807, 2.05) is 6.08 Å². The summed E-state index contributed by atoms with van der Waals surface area (Å²) < 4.78 is 0. The molecule has 1 atom stereocenters. The zero-order valence-electron chi connectivity index (χ0n) is 12.4. The first-order chi connectivity index (χ1) is 10.8. The van der Waals surface area contributed by atoms with Crippen LogP contribution in [0, 0.1) is 0 Å². The molecule has 0 radical (unpaired) electrons. The summed E-state index contributed by atoms with van der Waals surface area (Å²) in [6.45, 7) is 0. The van der Waals surface area contributed by atoms with Crippen molar-refractivity contribution in [1.29, 1.82) is 0 Å². The smallest absolute Gasteiger partial charge is 0.158 e. The third-order valence-corrected chi connectivity index (χ3v) is 5.67. The summed E-state index contributed by atoms with van der Waals surface area (Å²) in [6.07, 6.45) is 5.56. The molecular weight excluding hydrogens is 290 g/mol. The monoisotopic (exact) mass is 309 g/mol. The van der Waals surface area contributed by atoms with Gasteiger partial charge in [0.2, 0.25) is 0 Å². The van der Waals surface area contributed by atoms with Crippen molar-refractivity contribution in [3.8, 4) is 0 Å². The molecule has 0 amide bonds. The topological polar surface area (TPSA) is 29.1 Å². The zero-order valence-corrected chi connectivity index (χ0v) is 13.2. The number of carbonyl (C=O) groups is 1. The van der Waals surface area contributed by atoms with E-state index >= 15 is 0 Å².